The third-order valence-corrected chi connectivity index (χ3v) is 2.93. The highest BCUT2D eigenvalue weighted by molar-refractivity contribution is 7.98. The minimum Gasteiger partial charge on any atom is -0.479 e. The SMILES string of the molecule is CSc1nc(=O)[nH]c(C)c1C(=O)NCC(O)C(=O)O. The zero-order valence-corrected chi connectivity index (χ0v) is 11.1. The summed E-state index contributed by atoms with van der Waals surface area (Å²) in [4.78, 5) is 39.5. The molecule has 1 heterocycles. The molecule has 0 fully saturated rings. The molecule has 1 rings (SSSR count). The lowest BCUT2D eigenvalue weighted by molar-refractivity contribution is -0.146. The minimum absolute atomic E-state index is 0.157. The molecule has 1 amide bonds. The summed E-state index contributed by atoms with van der Waals surface area (Å²) < 4.78 is 0. The van der Waals surface area contributed by atoms with Crippen LogP contribution in [0.4, 0.5) is 0 Å². The van der Waals surface area contributed by atoms with Crippen LogP contribution in [0.5, 0.6) is 0 Å². The first-order chi connectivity index (χ1) is 8.86. The summed E-state index contributed by atoms with van der Waals surface area (Å²) in [7, 11) is 0. The molecule has 0 spiro atoms. The first kappa shape index (κ1) is 15.2. The minimum atomic E-state index is -1.68. The number of carbonyl (C=O) groups excluding carboxylic acids is 1. The molecule has 8 nitrogen and oxygen atoms in total. The van der Waals surface area contributed by atoms with Gasteiger partial charge in [-0.1, -0.05) is 0 Å². The van der Waals surface area contributed by atoms with Gasteiger partial charge in [-0.2, -0.15) is 4.98 Å². The first-order valence-corrected chi connectivity index (χ1v) is 6.43. The predicted molar refractivity (Wildman–Crippen MR) is 67.4 cm³/mol. The van der Waals surface area contributed by atoms with Crippen LogP contribution in [0.15, 0.2) is 9.82 Å². The largest absolute Gasteiger partial charge is 0.479 e. The number of aliphatic carboxylic acids is 1. The van der Waals surface area contributed by atoms with Gasteiger partial charge in [0.15, 0.2) is 6.10 Å². The van der Waals surface area contributed by atoms with E-state index < -0.39 is 30.2 Å². The second-order valence-electron chi connectivity index (χ2n) is 3.62. The van der Waals surface area contributed by atoms with E-state index in [1.165, 1.54) is 6.92 Å². The Balaban J connectivity index is 2.94. The molecule has 0 aromatic carbocycles. The maximum atomic E-state index is 11.9. The van der Waals surface area contributed by atoms with E-state index in [4.69, 9.17) is 10.2 Å². The molecule has 1 unspecified atom stereocenters. The fourth-order valence-electron chi connectivity index (χ4n) is 1.34. The summed E-state index contributed by atoms with van der Waals surface area (Å²) in [5.74, 6) is -2.03. The molecular weight excluding hydrogens is 274 g/mol. The molecule has 0 aliphatic rings. The maximum Gasteiger partial charge on any atom is 0.346 e. The van der Waals surface area contributed by atoms with Crippen molar-refractivity contribution in [1.82, 2.24) is 15.3 Å². The second-order valence-corrected chi connectivity index (χ2v) is 4.41. The highest BCUT2D eigenvalue weighted by atomic mass is 32.2. The lowest BCUT2D eigenvalue weighted by Gasteiger charge is -2.11. The normalized spacial score (nSPS) is 11.9. The van der Waals surface area contributed by atoms with Gasteiger partial charge in [0.05, 0.1) is 12.1 Å². The van der Waals surface area contributed by atoms with Gasteiger partial charge in [-0.15, -0.1) is 11.8 Å². The fraction of sp³-hybridized carbons (Fsp3) is 0.400. The first-order valence-electron chi connectivity index (χ1n) is 5.20. The van der Waals surface area contributed by atoms with E-state index in [0.717, 1.165) is 11.8 Å². The van der Waals surface area contributed by atoms with Gasteiger partial charge in [-0.3, -0.25) is 4.79 Å². The second kappa shape index (κ2) is 6.34. The zero-order valence-electron chi connectivity index (χ0n) is 10.3. The number of carboxylic acid groups (broad SMARTS) is 1. The van der Waals surface area contributed by atoms with Crippen LogP contribution in [0.3, 0.4) is 0 Å². The summed E-state index contributed by atoms with van der Waals surface area (Å²) in [5, 5.41) is 20.1. The van der Waals surface area contributed by atoms with E-state index in [1.807, 2.05) is 0 Å². The van der Waals surface area contributed by atoms with Crippen molar-refractivity contribution in [3.05, 3.63) is 21.7 Å². The van der Waals surface area contributed by atoms with Crippen LogP contribution in [0, 0.1) is 6.92 Å². The van der Waals surface area contributed by atoms with Crippen molar-refractivity contribution in [2.24, 2.45) is 0 Å². The highest BCUT2D eigenvalue weighted by Gasteiger charge is 2.19. The van der Waals surface area contributed by atoms with Gasteiger partial charge in [0.25, 0.3) is 5.91 Å². The Kier molecular flexibility index (Phi) is 5.07. The van der Waals surface area contributed by atoms with Crippen molar-refractivity contribution < 1.29 is 19.8 Å². The summed E-state index contributed by atoms with van der Waals surface area (Å²) in [6, 6.07) is 0. The molecule has 0 saturated heterocycles. The van der Waals surface area contributed by atoms with E-state index in [2.05, 4.69) is 15.3 Å². The molecule has 0 bridgehead atoms. The summed E-state index contributed by atoms with van der Waals surface area (Å²) in [5.41, 5.74) is -0.0830. The molecule has 1 aromatic heterocycles. The number of aromatic amines is 1. The molecule has 1 atom stereocenters. The molecule has 0 radical (unpaired) electrons. The predicted octanol–water partition coefficient (Wildman–Crippen LogP) is -1.02. The number of carboxylic acids is 1. The van der Waals surface area contributed by atoms with E-state index in [-0.39, 0.29) is 10.6 Å². The van der Waals surface area contributed by atoms with Gasteiger partial charge in [0.1, 0.15) is 5.03 Å². The number of rotatable bonds is 5. The third kappa shape index (κ3) is 3.80. The smallest absolute Gasteiger partial charge is 0.346 e. The zero-order chi connectivity index (χ0) is 14.6. The summed E-state index contributed by atoms with van der Waals surface area (Å²) in [6.07, 6.45) is -0.0258. The Hall–Kier alpha value is -1.87. The number of hydrogen-bond acceptors (Lipinski definition) is 6. The van der Waals surface area contributed by atoms with Gasteiger partial charge < -0.3 is 20.5 Å². The molecule has 4 N–H and O–H groups in total. The van der Waals surface area contributed by atoms with Crippen LogP contribution < -0.4 is 11.0 Å². The topological polar surface area (TPSA) is 132 Å². The number of hydrogen-bond donors (Lipinski definition) is 4. The van der Waals surface area contributed by atoms with Crippen molar-refractivity contribution in [3.8, 4) is 0 Å². The molecule has 19 heavy (non-hydrogen) atoms. The van der Waals surface area contributed by atoms with E-state index in [1.54, 1.807) is 6.26 Å². The van der Waals surface area contributed by atoms with Crippen LogP contribution >= 0.6 is 11.8 Å². The standard InChI is InChI=1S/C10H13N3O5S/c1-4-6(8(19-2)13-10(18)12-4)7(15)11-3-5(14)9(16)17/h5,14H,3H2,1-2H3,(H,11,15)(H,16,17)(H,12,13,18). The monoisotopic (exact) mass is 287 g/mol. The number of nitrogens with zero attached hydrogens (tertiary/aromatic N) is 1. The number of amides is 1. The van der Waals surface area contributed by atoms with Crippen molar-refractivity contribution in [3.63, 3.8) is 0 Å². The van der Waals surface area contributed by atoms with Crippen LogP contribution in [-0.2, 0) is 4.79 Å². The van der Waals surface area contributed by atoms with Gasteiger partial charge >= 0.3 is 11.7 Å². The molecule has 9 heteroatoms. The number of carbonyl (C=O) groups is 2. The number of aliphatic hydroxyl groups is 1. The average Bonchev–Trinajstić information content (AvgIpc) is 2.34. The number of H-pyrrole nitrogens is 1. The Bertz CT molecular complexity index is 557. The molecule has 104 valence electrons. The summed E-state index contributed by atoms with van der Waals surface area (Å²) in [6.45, 7) is 1.10. The molecule has 0 aliphatic carbocycles. The molecule has 0 saturated carbocycles. The Morgan fingerprint density at radius 3 is 2.68 bits per heavy atom. The average molecular weight is 287 g/mol. The van der Waals surface area contributed by atoms with E-state index in [0.29, 0.717) is 5.69 Å². The number of thioether (sulfide) groups is 1. The summed E-state index contributed by atoms with van der Waals surface area (Å²) >= 11 is 1.12. The van der Waals surface area contributed by atoms with Crippen LogP contribution in [-0.4, -0.2) is 51.0 Å². The lowest BCUT2D eigenvalue weighted by atomic mass is 10.2. The van der Waals surface area contributed by atoms with Gasteiger partial charge in [0.2, 0.25) is 0 Å². The number of aliphatic hydroxyl groups excluding tert-OH is 1. The number of aryl methyl sites for hydroxylation is 1. The number of aromatic nitrogens is 2. The Labute approximate surface area is 112 Å². The highest BCUT2D eigenvalue weighted by Crippen LogP contribution is 2.17. The third-order valence-electron chi connectivity index (χ3n) is 2.25. The van der Waals surface area contributed by atoms with Gasteiger partial charge in [-0.05, 0) is 13.2 Å². The number of nitrogens with one attached hydrogen (secondary N) is 2. The van der Waals surface area contributed by atoms with Gasteiger partial charge in [-0.25, -0.2) is 9.59 Å². The van der Waals surface area contributed by atoms with E-state index in [9.17, 15) is 14.4 Å². The van der Waals surface area contributed by atoms with Crippen molar-refractivity contribution in [1.29, 1.82) is 0 Å². The lowest BCUT2D eigenvalue weighted by Crippen LogP contribution is -2.37. The molecular formula is C10H13N3O5S. The molecule has 0 aliphatic heterocycles. The van der Waals surface area contributed by atoms with Crippen LogP contribution in [0.25, 0.3) is 0 Å². The quantitative estimate of drug-likeness (QED) is 0.402. The fourth-order valence-corrected chi connectivity index (χ4v) is 1.96. The van der Waals surface area contributed by atoms with Gasteiger partial charge in [0, 0.05) is 5.69 Å². The molecule has 1 aromatic rings. The van der Waals surface area contributed by atoms with E-state index >= 15 is 0 Å². The van der Waals surface area contributed by atoms with Crippen LogP contribution in [0.2, 0.25) is 0 Å². The Morgan fingerprint density at radius 2 is 2.16 bits per heavy atom. The van der Waals surface area contributed by atoms with Crippen molar-refractivity contribution >= 4 is 23.6 Å². The Morgan fingerprint density at radius 1 is 1.53 bits per heavy atom. The van der Waals surface area contributed by atoms with Crippen molar-refractivity contribution in [2.45, 2.75) is 18.1 Å². The van der Waals surface area contributed by atoms with Crippen LogP contribution in [0.1, 0.15) is 16.1 Å². The van der Waals surface area contributed by atoms with Crippen molar-refractivity contribution in [2.75, 3.05) is 12.8 Å². The maximum absolute atomic E-state index is 11.9.